The maximum Gasteiger partial charge on any atom is 0.228 e. The van der Waals surface area contributed by atoms with Gasteiger partial charge in [-0.25, -0.2) is 4.98 Å². The number of nitrogens with one attached hydrogen (secondary N) is 2. The minimum Gasteiger partial charge on any atom is -0.444 e. The number of carbonyl (C=O) groups excluding carboxylic acids is 1. The van der Waals surface area contributed by atoms with Crippen molar-refractivity contribution in [2.45, 2.75) is 13.3 Å². The van der Waals surface area contributed by atoms with Crippen LogP contribution in [-0.2, 0) is 4.79 Å². The normalized spacial score (nSPS) is 18.1. The highest BCUT2D eigenvalue weighted by molar-refractivity contribution is 5.93. The van der Waals surface area contributed by atoms with Crippen LogP contribution in [-0.4, -0.2) is 24.0 Å². The predicted octanol–water partition coefficient (Wildman–Crippen LogP) is 2.20. The Balaban J connectivity index is 1.75. The lowest BCUT2D eigenvalue weighted by atomic mass is 10.1. The summed E-state index contributed by atoms with van der Waals surface area (Å²) in [5.41, 5.74) is 2.47. The molecule has 1 aliphatic heterocycles. The fourth-order valence-electron chi connectivity index (χ4n) is 2.34. The number of rotatable bonds is 3. The summed E-state index contributed by atoms with van der Waals surface area (Å²) in [4.78, 5) is 16.4. The molecule has 5 heteroatoms. The van der Waals surface area contributed by atoms with Gasteiger partial charge in [0.2, 0.25) is 11.8 Å². The fourth-order valence-corrected chi connectivity index (χ4v) is 2.34. The van der Waals surface area contributed by atoms with Gasteiger partial charge in [-0.05, 0) is 38.1 Å². The molecule has 1 unspecified atom stereocenters. The minimum atomic E-state index is 0.0580. The Morgan fingerprint density at radius 1 is 1.50 bits per heavy atom. The van der Waals surface area contributed by atoms with E-state index in [-0.39, 0.29) is 11.8 Å². The molecule has 1 aromatic carbocycles. The monoisotopic (exact) mass is 271 g/mol. The second kappa shape index (κ2) is 5.46. The molecule has 2 aromatic rings. The highest BCUT2D eigenvalue weighted by atomic mass is 16.3. The molecule has 1 fully saturated rings. The van der Waals surface area contributed by atoms with E-state index in [4.69, 9.17) is 4.42 Å². The SMILES string of the molecule is Cc1coc(-c2cccc(NC(=O)C3CCNC3)c2)n1. The van der Waals surface area contributed by atoms with Crippen molar-refractivity contribution >= 4 is 11.6 Å². The third-order valence-corrected chi connectivity index (χ3v) is 3.43. The smallest absolute Gasteiger partial charge is 0.228 e. The lowest BCUT2D eigenvalue weighted by Crippen LogP contribution is -2.24. The number of hydrogen-bond acceptors (Lipinski definition) is 4. The summed E-state index contributed by atoms with van der Waals surface area (Å²) in [7, 11) is 0. The number of aryl methyl sites for hydroxylation is 1. The van der Waals surface area contributed by atoms with Crippen molar-refractivity contribution in [2.75, 3.05) is 18.4 Å². The Bertz CT molecular complexity index is 615. The number of aromatic nitrogens is 1. The first-order chi connectivity index (χ1) is 9.72. The molecule has 1 saturated heterocycles. The lowest BCUT2D eigenvalue weighted by Gasteiger charge is -2.10. The van der Waals surface area contributed by atoms with Gasteiger partial charge in [0.05, 0.1) is 11.6 Å². The highest BCUT2D eigenvalue weighted by Crippen LogP contribution is 2.22. The zero-order valence-electron chi connectivity index (χ0n) is 11.3. The topological polar surface area (TPSA) is 67.2 Å². The molecule has 1 aliphatic rings. The molecule has 0 aliphatic carbocycles. The molecular formula is C15H17N3O2. The molecule has 0 spiro atoms. The van der Waals surface area contributed by atoms with E-state index in [1.54, 1.807) is 6.26 Å². The van der Waals surface area contributed by atoms with Gasteiger partial charge in [0.15, 0.2) is 0 Å². The summed E-state index contributed by atoms with van der Waals surface area (Å²) < 4.78 is 5.38. The Morgan fingerprint density at radius 2 is 2.40 bits per heavy atom. The molecule has 3 rings (SSSR count). The summed E-state index contributed by atoms with van der Waals surface area (Å²) in [6, 6.07) is 7.56. The van der Waals surface area contributed by atoms with Gasteiger partial charge < -0.3 is 15.1 Å². The summed E-state index contributed by atoms with van der Waals surface area (Å²) in [5.74, 6) is 0.694. The van der Waals surface area contributed by atoms with Crippen molar-refractivity contribution in [1.82, 2.24) is 10.3 Å². The van der Waals surface area contributed by atoms with E-state index < -0.39 is 0 Å². The number of carbonyl (C=O) groups is 1. The third-order valence-electron chi connectivity index (χ3n) is 3.43. The molecule has 2 N–H and O–H groups in total. The van der Waals surface area contributed by atoms with E-state index in [9.17, 15) is 4.79 Å². The van der Waals surface area contributed by atoms with Gasteiger partial charge in [0.25, 0.3) is 0 Å². The van der Waals surface area contributed by atoms with Crippen molar-refractivity contribution in [1.29, 1.82) is 0 Å². The van der Waals surface area contributed by atoms with Crippen molar-refractivity contribution < 1.29 is 9.21 Å². The van der Waals surface area contributed by atoms with Crippen molar-refractivity contribution in [3.63, 3.8) is 0 Å². The lowest BCUT2D eigenvalue weighted by molar-refractivity contribution is -0.119. The number of anilines is 1. The van der Waals surface area contributed by atoms with Crippen LogP contribution in [0.3, 0.4) is 0 Å². The molecule has 2 heterocycles. The zero-order valence-corrected chi connectivity index (χ0v) is 11.3. The Labute approximate surface area is 117 Å². The first kappa shape index (κ1) is 12.9. The first-order valence-electron chi connectivity index (χ1n) is 6.76. The van der Waals surface area contributed by atoms with E-state index in [2.05, 4.69) is 15.6 Å². The van der Waals surface area contributed by atoms with Gasteiger partial charge in [-0.2, -0.15) is 0 Å². The van der Waals surface area contributed by atoms with Crippen molar-refractivity contribution in [2.24, 2.45) is 5.92 Å². The van der Waals surface area contributed by atoms with Gasteiger partial charge in [0, 0.05) is 17.8 Å². The minimum absolute atomic E-state index is 0.0580. The van der Waals surface area contributed by atoms with Crippen molar-refractivity contribution in [3.05, 3.63) is 36.2 Å². The van der Waals surface area contributed by atoms with E-state index >= 15 is 0 Å². The first-order valence-corrected chi connectivity index (χ1v) is 6.76. The molecule has 0 bridgehead atoms. The molecule has 5 nitrogen and oxygen atoms in total. The van der Waals surface area contributed by atoms with Crippen LogP contribution < -0.4 is 10.6 Å². The molecule has 20 heavy (non-hydrogen) atoms. The average molecular weight is 271 g/mol. The molecular weight excluding hydrogens is 254 g/mol. The molecule has 1 aromatic heterocycles. The number of nitrogens with zero attached hydrogens (tertiary/aromatic N) is 1. The van der Waals surface area contributed by atoms with Gasteiger partial charge in [-0.15, -0.1) is 0 Å². The van der Waals surface area contributed by atoms with E-state index in [0.29, 0.717) is 5.89 Å². The largest absolute Gasteiger partial charge is 0.444 e. The second-order valence-electron chi connectivity index (χ2n) is 5.05. The van der Waals surface area contributed by atoms with E-state index in [0.717, 1.165) is 36.5 Å². The number of oxazole rings is 1. The van der Waals surface area contributed by atoms with Crippen LogP contribution in [0, 0.1) is 12.8 Å². The Kier molecular flexibility index (Phi) is 3.52. The Morgan fingerprint density at radius 3 is 3.10 bits per heavy atom. The predicted molar refractivity (Wildman–Crippen MR) is 76.3 cm³/mol. The number of benzene rings is 1. The van der Waals surface area contributed by atoms with Crippen LogP contribution >= 0.6 is 0 Å². The molecule has 0 saturated carbocycles. The molecule has 1 amide bonds. The number of hydrogen-bond donors (Lipinski definition) is 2. The highest BCUT2D eigenvalue weighted by Gasteiger charge is 2.22. The molecule has 104 valence electrons. The van der Waals surface area contributed by atoms with Crippen LogP contribution in [0.4, 0.5) is 5.69 Å². The van der Waals surface area contributed by atoms with E-state index in [1.807, 2.05) is 31.2 Å². The average Bonchev–Trinajstić information content (AvgIpc) is 3.10. The van der Waals surface area contributed by atoms with Crippen LogP contribution in [0.1, 0.15) is 12.1 Å². The maximum atomic E-state index is 12.1. The van der Waals surface area contributed by atoms with Crippen LogP contribution in [0.15, 0.2) is 34.9 Å². The van der Waals surface area contributed by atoms with Gasteiger partial charge in [0.1, 0.15) is 6.26 Å². The van der Waals surface area contributed by atoms with Crippen LogP contribution in [0.25, 0.3) is 11.5 Å². The molecule has 1 atom stereocenters. The van der Waals surface area contributed by atoms with Gasteiger partial charge in [-0.1, -0.05) is 6.07 Å². The fraction of sp³-hybridized carbons (Fsp3) is 0.333. The standard InChI is InChI=1S/C15H17N3O2/c1-10-9-20-15(17-10)11-3-2-4-13(7-11)18-14(19)12-5-6-16-8-12/h2-4,7,9,12,16H,5-6,8H2,1H3,(H,18,19). The molecule has 0 radical (unpaired) electrons. The summed E-state index contributed by atoms with van der Waals surface area (Å²) >= 11 is 0. The second-order valence-corrected chi connectivity index (χ2v) is 5.05. The third kappa shape index (κ3) is 2.72. The summed E-state index contributed by atoms with van der Waals surface area (Å²) in [5, 5.41) is 6.15. The van der Waals surface area contributed by atoms with Crippen LogP contribution in [0.5, 0.6) is 0 Å². The summed E-state index contributed by atoms with van der Waals surface area (Å²) in [6.07, 6.45) is 2.51. The zero-order chi connectivity index (χ0) is 13.9. The Hall–Kier alpha value is -2.14. The maximum absolute atomic E-state index is 12.1. The summed E-state index contributed by atoms with van der Waals surface area (Å²) in [6.45, 7) is 3.55. The van der Waals surface area contributed by atoms with E-state index in [1.165, 1.54) is 0 Å². The van der Waals surface area contributed by atoms with Gasteiger partial charge in [-0.3, -0.25) is 4.79 Å². The quantitative estimate of drug-likeness (QED) is 0.898. The number of amides is 1. The van der Waals surface area contributed by atoms with Gasteiger partial charge >= 0.3 is 0 Å². The van der Waals surface area contributed by atoms with Crippen molar-refractivity contribution in [3.8, 4) is 11.5 Å². The van der Waals surface area contributed by atoms with Crippen LogP contribution in [0.2, 0.25) is 0 Å².